The van der Waals surface area contributed by atoms with Crippen LogP contribution in [0.15, 0.2) is 47.4 Å². The number of nitrogens with zero attached hydrogens (tertiary/aromatic N) is 1. The number of carbonyl (C=O) groups excluding carboxylic acids is 3. The highest BCUT2D eigenvalue weighted by Crippen LogP contribution is 2.28. The van der Waals surface area contributed by atoms with Crippen LogP contribution in [0.5, 0.6) is 0 Å². The molecule has 1 aliphatic heterocycles. The lowest BCUT2D eigenvalue weighted by atomic mass is 10.1. The predicted octanol–water partition coefficient (Wildman–Crippen LogP) is 3.84. The zero-order valence-corrected chi connectivity index (χ0v) is 17.0. The van der Waals surface area contributed by atoms with Crippen LogP contribution in [0.1, 0.15) is 16.8 Å². The molecule has 1 N–H and O–H groups in total. The maximum atomic E-state index is 12.6. The second-order valence-corrected chi connectivity index (χ2v) is 7.57. The van der Waals surface area contributed by atoms with Crippen LogP contribution >= 0.6 is 23.4 Å². The van der Waals surface area contributed by atoms with E-state index in [1.807, 2.05) is 30.5 Å². The van der Waals surface area contributed by atoms with Crippen molar-refractivity contribution in [2.45, 2.75) is 11.3 Å². The molecule has 0 radical (unpaired) electrons. The van der Waals surface area contributed by atoms with Gasteiger partial charge in [-0.05, 0) is 48.7 Å². The normalized spacial score (nSPS) is 16.2. The minimum Gasteiger partial charge on any atom is -0.465 e. The number of anilines is 2. The Labute approximate surface area is 172 Å². The zero-order chi connectivity index (χ0) is 20.3. The van der Waals surface area contributed by atoms with Gasteiger partial charge in [0, 0.05) is 29.2 Å². The number of amides is 2. The van der Waals surface area contributed by atoms with E-state index in [0.29, 0.717) is 12.2 Å². The molecule has 0 aromatic heterocycles. The van der Waals surface area contributed by atoms with Crippen LogP contribution in [0.25, 0.3) is 0 Å². The van der Waals surface area contributed by atoms with Gasteiger partial charge in [0.05, 0.1) is 23.6 Å². The van der Waals surface area contributed by atoms with Gasteiger partial charge in [-0.3, -0.25) is 9.59 Å². The van der Waals surface area contributed by atoms with E-state index in [0.717, 1.165) is 10.6 Å². The lowest BCUT2D eigenvalue weighted by Crippen LogP contribution is -2.28. The molecular formula is C20H19ClN2O4S. The summed E-state index contributed by atoms with van der Waals surface area (Å²) in [5, 5.41) is 2.99. The number of rotatable bonds is 5. The number of thioether (sulfide) groups is 1. The third kappa shape index (κ3) is 4.31. The van der Waals surface area contributed by atoms with E-state index in [1.165, 1.54) is 19.2 Å². The summed E-state index contributed by atoms with van der Waals surface area (Å²) in [7, 11) is 1.26. The van der Waals surface area contributed by atoms with Crippen molar-refractivity contribution in [3.8, 4) is 0 Å². The Kier molecular flexibility index (Phi) is 6.26. The Hall–Kier alpha value is -2.51. The van der Waals surface area contributed by atoms with Crippen LogP contribution in [0.2, 0.25) is 5.02 Å². The molecule has 2 amide bonds. The molecule has 6 nitrogen and oxygen atoms in total. The fraction of sp³-hybridized carbons (Fsp3) is 0.250. The third-order valence-corrected chi connectivity index (χ3v) is 5.59. The van der Waals surface area contributed by atoms with E-state index in [4.69, 9.17) is 11.6 Å². The topological polar surface area (TPSA) is 75.7 Å². The molecule has 1 saturated heterocycles. The fourth-order valence-corrected chi connectivity index (χ4v) is 3.61. The van der Waals surface area contributed by atoms with Crippen molar-refractivity contribution in [3.05, 3.63) is 53.1 Å². The number of halogens is 1. The molecule has 0 aliphatic carbocycles. The second kappa shape index (κ2) is 8.67. The Balaban J connectivity index is 1.70. The van der Waals surface area contributed by atoms with Gasteiger partial charge in [-0.1, -0.05) is 11.6 Å². The number of hydrogen-bond donors (Lipinski definition) is 1. The highest BCUT2D eigenvalue weighted by molar-refractivity contribution is 7.98. The Morgan fingerprint density at radius 3 is 2.57 bits per heavy atom. The average molecular weight is 419 g/mol. The number of esters is 1. The smallest absolute Gasteiger partial charge is 0.339 e. The van der Waals surface area contributed by atoms with Crippen LogP contribution in [0.3, 0.4) is 0 Å². The molecule has 1 fully saturated rings. The standard InChI is InChI=1S/C20H19ClN2O4S/c1-27-20(26)16-10-13(3-8-17(16)21)22-19(25)12-9-18(24)23(11-12)14-4-6-15(28-2)7-5-14/h3-8,10,12H,9,11H2,1-2H3,(H,22,25)/t12-/m1/s1. The summed E-state index contributed by atoms with van der Waals surface area (Å²) in [6.07, 6.45) is 2.12. The summed E-state index contributed by atoms with van der Waals surface area (Å²) < 4.78 is 4.68. The fourth-order valence-electron chi connectivity index (χ4n) is 3.01. The number of hydrogen-bond acceptors (Lipinski definition) is 5. The van der Waals surface area contributed by atoms with Crippen LogP contribution < -0.4 is 10.2 Å². The zero-order valence-electron chi connectivity index (χ0n) is 15.4. The lowest BCUT2D eigenvalue weighted by Gasteiger charge is -2.17. The van der Waals surface area contributed by atoms with Gasteiger partial charge in [0.1, 0.15) is 0 Å². The first-order valence-corrected chi connectivity index (χ1v) is 10.2. The van der Waals surface area contributed by atoms with E-state index in [-0.39, 0.29) is 28.8 Å². The van der Waals surface area contributed by atoms with Crippen LogP contribution in [-0.4, -0.2) is 37.7 Å². The molecule has 0 saturated carbocycles. The van der Waals surface area contributed by atoms with Crippen molar-refractivity contribution in [3.63, 3.8) is 0 Å². The summed E-state index contributed by atoms with van der Waals surface area (Å²) in [6, 6.07) is 12.2. The maximum absolute atomic E-state index is 12.6. The largest absolute Gasteiger partial charge is 0.465 e. The number of ether oxygens (including phenoxy) is 1. The van der Waals surface area contributed by atoms with Gasteiger partial charge in [0.2, 0.25) is 11.8 Å². The molecule has 146 valence electrons. The van der Waals surface area contributed by atoms with Gasteiger partial charge in [-0.15, -0.1) is 11.8 Å². The molecule has 0 unspecified atom stereocenters. The first kappa shape index (κ1) is 20.2. The summed E-state index contributed by atoms with van der Waals surface area (Å²) in [5.74, 6) is -1.44. The second-order valence-electron chi connectivity index (χ2n) is 6.28. The average Bonchev–Trinajstić information content (AvgIpc) is 3.10. The molecule has 0 spiro atoms. The van der Waals surface area contributed by atoms with Gasteiger partial charge in [-0.2, -0.15) is 0 Å². The molecule has 2 aromatic rings. The first-order chi connectivity index (χ1) is 13.4. The highest BCUT2D eigenvalue weighted by atomic mass is 35.5. The van der Waals surface area contributed by atoms with E-state index < -0.39 is 11.9 Å². The Morgan fingerprint density at radius 2 is 1.93 bits per heavy atom. The third-order valence-electron chi connectivity index (χ3n) is 4.52. The maximum Gasteiger partial charge on any atom is 0.339 e. The Bertz CT molecular complexity index is 917. The quantitative estimate of drug-likeness (QED) is 0.589. The lowest BCUT2D eigenvalue weighted by molar-refractivity contribution is -0.122. The Morgan fingerprint density at radius 1 is 1.21 bits per heavy atom. The van der Waals surface area contributed by atoms with Crippen molar-refractivity contribution in [1.82, 2.24) is 0 Å². The monoisotopic (exact) mass is 418 g/mol. The number of methoxy groups -OCH3 is 1. The van der Waals surface area contributed by atoms with E-state index >= 15 is 0 Å². The minimum absolute atomic E-state index is 0.0941. The van der Waals surface area contributed by atoms with Gasteiger partial charge < -0.3 is 15.0 Å². The van der Waals surface area contributed by atoms with Gasteiger partial charge >= 0.3 is 5.97 Å². The van der Waals surface area contributed by atoms with Crippen molar-refractivity contribution >= 4 is 52.5 Å². The molecular weight excluding hydrogens is 400 g/mol. The molecule has 8 heteroatoms. The molecule has 0 bridgehead atoms. The van der Waals surface area contributed by atoms with Crippen LogP contribution in [-0.2, 0) is 14.3 Å². The minimum atomic E-state index is -0.586. The van der Waals surface area contributed by atoms with Gasteiger partial charge in [0.25, 0.3) is 0 Å². The van der Waals surface area contributed by atoms with Crippen molar-refractivity contribution < 1.29 is 19.1 Å². The van der Waals surface area contributed by atoms with Gasteiger partial charge in [-0.25, -0.2) is 4.79 Å². The molecule has 28 heavy (non-hydrogen) atoms. The molecule has 2 aromatic carbocycles. The number of benzene rings is 2. The van der Waals surface area contributed by atoms with E-state index in [2.05, 4.69) is 10.1 Å². The molecule has 1 aliphatic rings. The molecule has 3 rings (SSSR count). The van der Waals surface area contributed by atoms with Crippen molar-refractivity contribution in [2.24, 2.45) is 5.92 Å². The van der Waals surface area contributed by atoms with Gasteiger partial charge in [0.15, 0.2) is 0 Å². The number of nitrogens with one attached hydrogen (secondary N) is 1. The van der Waals surface area contributed by atoms with Crippen LogP contribution in [0.4, 0.5) is 11.4 Å². The summed E-state index contributed by atoms with van der Waals surface area (Å²) in [6.45, 7) is 0.306. The van der Waals surface area contributed by atoms with Crippen LogP contribution in [0, 0.1) is 5.92 Å². The summed E-state index contributed by atoms with van der Waals surface area (Å²) in [4.78, 5) is 39.5. The SMILES string of the molecule is COC(=O)c1cc(NC(=O)[C@@H]2CC(=O)N(c3ccc(SC)cc3)C2)ccc1Cl. The van der Waals surface area contributed by atoms with Crippen molar-refractivity contribution in [2.75, 3.05) is 30.1 Å². The molecule has 1 heterocycles. The van der Waals surface area contributed by atoms with E-state index in [1.54, 1.807) is 22.7 Å². The number of carbonyl (C=O) groups is 3. The predicted molar refractivity (Wildman–Crippen MR) is 110 cm³/mol. The van der Waals surface area contributed by atoms with E-state index in [9.17, 15) is 14.4 Å². The first-order valence-electron chi connectivity index (χ1n) is 8.56. The highest BCUT2D eigenvalue weighted by Gasteiger charge is 2.35. The summed E-state index contributed by atoms with van der Waals surface area (Å²) >= 11 is 7.62. The summed E-state index contributed by atoms with van der Waals surface area (Å²) in [5.41, 5.74) is 1.36. The molecule has 1 atom stereocenters. The van der Waals surface area contributed by atoms with Crippen molar-refractivity contribution in [1.29, 1.82) is 0 Å².